The Morgan fingerprint density at radius 3 is 1.53 bits per heavy atom. The lowest BCUT2D eigenvalue weighted by atomic mass is 9.81. The van der Waals surface area contributed by atoms with Gasteiger partial charge >= 0.3 is 0 Å². The van der Waals surface area contributed by atoms with E-state index in [1.807, 2.05) is 13.8 Å². The first-order valence-electron chi connectivity index (χ1n) is 14.2. The number of methoxy groups -OCH3 is 1. The standard InChI is InChI=1S/2C15H26O2S/c1-5-6-7-8-9-10-11-15(4)12(16)14(2,3)13(17)18-15;1-5-6-7-8-9-10-11-15(3)13(17-4)12(2)14(16)18-15/h2*5-11H2,1-4H3/t2*15-/m11/s1. The first kappa shape index (κ1) is 33.3. The molecule has 0 radical (unpaired) electrons. The van der Waals surface area contributed by atoms with Gasteiger partial charge in [-0.1, -0.05) is 114 Å². The molecule has 0 N–H and O–H groups in total. The highest BCUT2D eigenvalue weighted by Gasteiger charge is 2.55. The van der Waals surface area contributed by atoms with Crippen LogP contribution in [0.3, 0.4) is 0 Å². The van der Waals surface area contributed by atoms with Crippen LogP contribution >= 0.6 is 23.5 Å². The van der Waals surface area contributed by atoms with E-state index < -0.39 is 10.2 Å². The molecule has 4 nitrogen and oxygen atoms in total. The Bertz CT molecular complexity index is 773. The number of carbonyl (C=O) groups is 3. The molecule has 0 aromatic rings. The molecule has 1 fully saturated rings. The van der Waals surface area contributed by atoms with Gasteiger partial charge in [0.25, 0.3) is 0 Å². The van der Waals surface area contributed by atoms with E-state index in [0.717, 1.165) is 30.6 Å². The average molecular weight is 541 g/mol. The topological polar surface area (TPSA) is 60.4 Å². The van der Waals surface area contributed by atoms with Gasteiger partial charge in [-0.15, -0.1) is 0 Å². The van der Waals surface area contributed by atoms with E-state index in [4.69, 9.17) is 4.74 Å². The van der Waals surface area contributed by atoms with Crippen LogP contribution in [-0.2, 0) is 19.1 Å². The van der Waals surface area contributed by atoms with Crippen molar-refractivity contribution in [1.29, 1.82) is 0 Å². The summed E-state index contributed by atoms with van der Waals surface area (Å²) in [7, 11) is 1.68. The van der Waals surface area contributed by atoms with E-state index in [2.05, 4.69) is 20.8 Å². The summed E-state index contributed by atoms with van der Waals surface area (Å²) in [6.45, 7) is 13.9. The van der Waals surface area contributed by atoms with Crippen molar-refractivity contribution in [2.45, 2.75) is 148 Å². The van der Waals surface area contributed by atoms with Gasteiger partial charge in [0.2, 0.25) is 10.2 Å². The predicted octanol–water partition coefficient (Wildman–Crippen LogP) is 9.05. The third-order valence-electron chi connectivity index (χ3n) is 7.54. The molecule has 2 rings (SSSR count). The number of hydrogen-bond donors (Lipinski definition) is 0. The van der Waals surface area contributed by atoms with Crippen molar-refractivity contribution in [2.24, 2.45) is 5.41 Å². The number of rotatable bonds is 15. The molecule has 2 atom stereocenters. The Morgan fingerprint density at radius 1 is 0.667 bits per heavy atom. The monoisotopic (exact) mass is 540 g/mol. The Kier molecular flexibility index (Phi) is 14.4. The molecule has 0 amide bonds. The maximum absolute atomic E-state index is 12.3. The van der Waals surface area contributed by atoms with Gasteiger partial charge in [-0.2, -0.15) is 0 Å². The minimum absolute atomic E-state index is 0.0426. The van der Waals surface area contributed by atoms with Gasteiger partial charge in [-0.25, -0.2) is 0 Å². The van der Waals surface area contributed by atoms with Crippen LogP contribution in [0.15, 0.2) is 11.3 Å². The highest BCUT2D eigenvalue weighted by molar-refractivity contribution is 8.16. The fourth-order valence-electron chi connectivity index (χ4n) is 5.13. The Labute approximate surface area is 229 Å². The van der Waals surface area contributed by atoms with Gasteiger partial charge in [-0.3, -0.25) is 14.4 Å². The number of unbranched alkanes of at least 4 members (excludes halogenated alkanes) is 10. The molecule has 208 valence electrons. The third-order valence-corrected chi connectivity index (χ3v) is 10.4. The summed E-state index contributed by atoms with van der Waals surface area (Å²) in [5.41, 5.74) is 0.0257. The van der Waals surface area contributed by atoms with Crippen molar-refractivity contribution in [1.82, 2.24) is 0 Å². The second-order valence-electron chi connectivity index (χ2n) is 11.4. The predicted molar refractivity (Wildman–Crippen MR) is 156 cm³/mol. The van der Waals surface area contributed by atoms with Crippen molar-refractivity contribution < 1.29 is 19.1 Å². The second-order valence-corrected chi connectivity index (χ2v) is 14.3. The van der Waals surface area contributed by atoms with Crippen LogP contribution in [0, 0.1) is 5.41 Å². The number of hydrogen-bond acceptors (Lipinski definition) is 6. The molecule has 0 spiro atoms. The second kappa shape index (κ2) is 15.6. The molecule has 2 aliphatic rings. The molecule has 0 aromatic carbocycles. The van der Waals surface area contributed by atoms with Crippen molar-refractivity contribution in [3.63, 3.8) is 0 Å². The molecule has 0 bridgehead atoms. The van der Waals surface area contributed by atoms with Gasteiger partial charge in [0.1, 0.15) is 5.76 Å². The third kappa shape index (κ3) is 9.22. The van der Waals surface area contributed by atoms with Crippen LogP contribution in [-0.4, -0.2) is 32.6 Å². The lowest BCUT2D eigenvalue weighted by molar-refractivity contribution is -0.133. The van der Waals surface area contributed by atoms with Crippen molar-refractivity contribution in [2.75, 3.05) is 7.11 Å². The lowest BCUT2D eigenvalue weighted by Gasteiger charge is -2.25. The number of thioether (sulfide) groups is 2. The fraction of sp³-hybridized carbons (Fsp3) is 0.833. The zero-order chi connectivity index (χ0) is 27.4. The quantitative estimate of drug-likeness (QED) is 0.152. The number of ether oxygens (including phenoxy) is 1. The maximum Gasteiger partial charge on any atom is 0.219 e. The molecule has 0 aromatic heterocycles. The van der Waals surface area contributed by atoms with Gasteiger partial charge < -0.3 is 4.74 Å². The van der Waals surface area contributed by atoms with Crippen LogP contribution < -0.4 is 0 Å². The van der Waals surface area contributed by atoms with Gasteiger partial charge in [0.05, 0.1) is 22.0 Å². The lowest BCUT2D eigenvalue weighted by Crippen LogP contribution is -2.35. The van der Waals surface area contributed by atoms with Crippen LogP contribution in [0.2, 0.25) is 0 Å². The van der Waals surface area contributed by atoms with Crippen molar-refractivity contribution in [3.8, 4) is 0 Å². The largest absolute Gasteiger partial charge is 0.499 e. The summed E-state index contributed by atoms with van der Waals surface area (Å²) < 4.78 is 4.85. The Hall–Kier alpha value is -0.750. The van der Waals surface area contributed by atoms with Gasteiger partial charge in [0.15, 0.2) is 5.78 Å². The normalized spacial score (nSPS) is 25.4. The van der Waals surface area contributed by atoms with Crippen LogP contribution in [0.4, 0.5) is 0 Å². The molecule has 36 heavy (non-hydrogen) atoms. The van der Waals surface area contributed by atoms with E-state index in [9.17, 15) is 14.4 Å². The highest BCUT2D eigenvalue weighted by atomic mass is 32.2. The zero-order valence-corrected chi connectivity index (χ0v) is 26.0. The molecular formula is C30H52O4S2. The smallest absolute Gasteiger partial charge is 0.219 e. The number of ketones is 1. The number of Topliss-reactive ketones (excluding diaryl/α,β-unsaturated/α-hetero) is 1. The van der Waals surface area contributed by atoms with E-state index in [1.54, 1.807) is 21.0 Å². The summed E-state index contributed by atoms with van der Waals surface area (Å²) in [6.07, 6.45) is 16.9. The Morgan fingerprint density at radius 2 is 1.11 bits per heavy atom. The molecule has 0 saturated carbocycles. The fourth-order valence-corrected chi connectivity index (χ4v) is 7.71. The highest BCUT2D eigenvalue weighted by Crippen LogP contribution is 2.49. The molecule has 1 saturated heterocycles. The van der Waals surface area contributed by atoms with Crippen LogP contribution in [0.1, 0.15) is 138 Å². The SMILES string of the molecule is CCCCCCCC[C@@]1(C)SC(=O)C(C)(C)C1=O.CCCCCCCC[C@@]1(C)SC(=O)C(C)=C1OC. The summed E-state index contributed by atoms with van der Waals surface area (Å²) in [5, 5.41) is 0.223. The van der Waals surface area contributed by atoms with E-state index >= 15 is 0 Å². The molecular weight excluding hydrogens is 488 g/mol. The summed E-state index contributed by atoms with van der Waals surface area (Å²) in [5.74, 6) is 1.02. The van der Waals surface area contributed by atoms with Crippen molar-refractivity contribution in [3.05, 3.63) is 11.3 Å². The summed E-state index contributed by atoms with van der Waals surface area (Å²) in [6, 6.07) is 0. The van der Waals surface area contributed by atoms with Gasteiger partial charge in [-0.05, 0) is 47.5 Å². The van der Waals surface area contributed by atoms with E-state index in [-0.39, 0.29) is 20.8 Å². The Balaban J connectivity index is 0.000000360. The van der Waals surface area contributed by atoms with Crippen LogP contribution in [0.25, 0.3) is 0 Å². The van der Waals surface area contributed by atoms with Crippen molar-refractivity contribution >= 4 is 39.5 Å². The van der Waals surface area contributed by atoms with Gasteiger partial charge in [0, 0.05) is 5.57 Å². The zero-order valence-electron chi connectivity index (χ0n) is 24.3. The maximum atomic E-state index is 12.3. The summed E-state index contributed by atoms with van der Waals surface area (Å²) in [4.78, 5) is 35.9. The molecule has 0 aliphatic carbocycles. The minimum Gasteiger partial charge on any atom is -0.499 e. The summed E-state index contributed by atoms with van der Waals surface area (Å²) >= 11 is 2.70. The molecule has 0 unspecified atom stereocenters. The first-order valence-corrected chi connectivity index (χ1v) is 15.8. The number of carbonyl (C=O) groups excluding carboxylic acids is 3. The molecule has 6 heteroatoms. The molecule has 2 aliphatic heterocycles. The van der Waals surface area contributed by atoms with Crippen LogP contribution in [0.5, 0.6) is 0 Å². The van der Waals surface area contributed by atoms with E-state index in [0.29, 0.717) is 0 Å². The van der Waals surface area contributed by atoms with E-state index in [1.165, 1.54) is 94.2 Å². The molecule has 2 heterocycles. The first-order chi connectivity index (χ1) is 16.9. The average Bonchev–Trinajstić information content (AvgIpc) is 3.13. The minimum atomic E-state index is -0.776.